The Hall–Kier alpha value is -0.730. The second kappa shape index (κ2) is 4.03. The predicted octanol–water partition coefficient (Wildman–Crippen LogP) is 2.66. The molecule has 1 atom stereocenters. The van der Waals surface area contributed by atoms with Gasteiger partial charge in [-0.1, -0.05) is 17.7 Å². The van der Waals surface area contributed by atoms with Gasteiger partial charge in [0.05, 0.1) is 0 Å². The topological polar surface area (TPSA) is 29.3 Å². The number of piperidine rings is 1. The fourth-order valence-electron chi connectivity index (χ4n) is 2.16. The zero-order valence-corrected chi connectivity index (χ0v) is 9.80. The number of hydrogen-bond acceptors (Lipinski definition) is 2. The molecule has 1 aromatic carbocycles. The van der Waals surface area contributed by atoms with Crippen molar-refractivity contribution in [1.29, 1.82) is 0 Å². The summed E-state index contributed by atoms with van der Waals surface area (Å²) >= 11 is 5.98. The lowest BCUT2D eigenvalue weighted by atomic mass is 9.92. The monoisotopic (exact) mass is 224 g/mol. The van der Waals surface area contributed by atoms with Crippen molar-refractivity contribution in [2.24, 2.45) is 5.73 Å². The number of benzene rings is 1. The van der Waals surface area contributed by atoms with Gasteiger partial charge in [-0.15, -0.1) is 0 Å². The van der Waals surface area contributed by atoms with E-state index in [1.165, 1.54) is 5.69 Å². The summed E-state index contributed by atoms with van der Waals surface area (Å²) in [4.78, 5) is 2.31. The first-order valence-electron chi connectivity index (χ1n) is 5.36. The Kier molecular flexibility index (Phi) is 2.89. The maximum Gasteiger partial charge on any atom is 0.0426 e. The number of hydrogen-bond donors (Lipinski definition) is 1. The highest BCUT2D eigenvalue weighted by Crippen LogP contribution is 2.25. The molecule has 3 heteroatoms. The van der Waals surface area contributed by atoms with Crippen LogP contribution in [0.4, 0.5) is 5.69 Å². The van der Waals surface area contributed by atoms with Gasteiger partial charge in [0.25, 0.3) is 0 Å². The maximum absolute atomic E-state index is 6.17. The third-order valence-electron chi connectivity index (χ3n) is 2.90. The van der Waals surface area contributed by atoms with Crippen LogP contribution < -0.4 is 10.6 Å². The zero-order chi connectivity index (χ0) is 10.9. The van der Waals surface area contributed by atoms with Gasteiger partial charge in [-0.25, -0.2) is 0 Å². The molecule has 1 aliphatic heterocycles. The third-order valence-corrected chi connectivity index (χ3v) is 3.14. The number of nitrogens with zero attached hydrogens (tertiary/aromatic N) is 1. The van der Waals surface area contributed by atoms with Gasteiger partial charge < -0.3 is 10.6 Å². The summed E-state index contributed by atoms with van der Waals surface area (Å²) in [5, 5.41) is 0.789. The summed E-state index contributed by atoms with van der Waals surface area (Å²) in [7, 11) is 0. The van der Waals surface area contributed by atoms with Crippen LogP contribution in [0.15, 0.2) is 24.3 Å². The fourth-order valence-corrected chi connectivity index (χ4v) is 2.35. The SMILES string of the molecule is CC1(N)CCCN(c2cccc(Cl)c2)C1. The highest BCUT2D eigenvalue weighted by atomic mass is 35.5. The summed E-state index contributed by atoms with van der Waals surface area (Å²) in [5.74, 6) is 0. The van der Waals surface area contributed by atoms with E-state index in [2.05, 4.69) is 17.9 Å². The quantitative estimate of drug-likeness (QED) is 0.795. The molecule has 1 fully saturated rings. The average molecular weight is 225 g/mol. The van der Waals surface area contributed by atoms with Crippen LogP contribution in [0.25, 0.3) is 0 Å². The highest BCUT2D eigenvalue weighted by Gasteiger charge is 2.26. The van der Waals surface area contributed by atoms with Crippen molar-refractivity contribution in [3.8, 4) is 0 Å². The molecule has 15 heavy (non-hydrogen) atoms. The van der Waals surface area contributed by atoms with Crippen LogP contribution in [0.3, 0.4) is 0 Å². The van der Waals surface area contributed by atoms with Crippen molar-refractivity contribution in [2.75, 3.05) is 18.0 Å². The van der Waals surface area contributed by atoms with E-state index >= 15 is 0 Å². The van der Waals surface area contributed by atoms with Crippen molar-refractivity contribution in [3.05, 3.63) is 29.3 Å². The molecule has 82 valence electrons. The van der Waals surface area contributed by atoms with Gasteiger partial charge in [0.1, 0.15) is 0 Å². The number of nitrogens with two attached hydrogens (primary N) is 1. The normalized spacial score (nSPS) is 26.7. The summed E-state index contributed by atoms with van der Waals surface area (Å²) in [5.41, 5.74) is 7.28. The summed E-state index contributed by atoms with van der Waals surface area (Å²) in [6.07, 6.45) is 2.25. The first-order valence-corrected chi connectivity index (χ1v) is 5.74. The smallest absolute Gasteiger partial charge is 0.0426 e. The largest absolute Gasteiger partial charge is 0.370 e. The number of rotatable bonds is 1. The van der Waals surface area contributed by atoms with Crippen LogP contribution in [0, 0.1) is 0 Å². The molecular formula is C12H17ClN2. The molecule has 1 saturated heterocycles. The van der Waals surface area contributed by atoms with Crippen molar-refractivity contribution in [3.63, 3.8) is 0 Å². The molecule has 1 aromatic rings. The Morgan fingerprint density at radius 3 is 2.93 bits per heavy atom. The fraction of sp³-hybridized carbons (Fsp3) is 0.500. The van der Waals surface area contributed by atoms with Gasteiger partial charge in [0, 0.05) is 29.3 Å². The Morgan fingerprint density at radius 2 is 2.27 bits per heavy atom. The zero-order valence-electron chi connectivity index (χ0n) is 9.04. The van der Waals surface area contributed by atoms with Gasteiger partial charge in [-0.3, -0.25) is 0 Å². The average Bonchev–Trinajstić information content (AvgIpc) is 2.16. The van der Waals surface area contributed by atoms with E-state index < -0.39 is 0 Å². The molecule has 1 unspecified atom stereocenters. The lowest BCUT2D eigenvalue weighted by Crippen LogP contribution is -2.52. The van der Waals surface area contributed by atoms with Crippen molar-refractivity contribution >= 4 is 17.3 Å². The van der Waals surface area contributed by atoms with E-state index in [0.29, 0.717) is 0 Å². The standard InChI is InChI=1S/C12H17ClN2/c1-12(14)6-3-7-15(9-12)11-5-2-4-10(13)8-11/h2,4-5,8H,3,6-7,9,14H2,1H3. The minimum atomic E-state index is -0.0689. The van der Waals surface area contributed by atoms with Crippen LogP contribution >= 0.6 is 11.6 Å². The van der Waals surface area contributed by atoms with E-state index in [1.54, 1.807) is 0 Å². The lowest BCUT2D eigenvalue weighted by Gasteiger charge is -2.39. The van der Waals surface area contributed by atoms with E-state index in [1.807, 2.05) is 18.2 Å². The molecule has 1 heterocycles. The molecule has 2 nitrogen and oxygen atoms in total. The van der Waals surface area contributed by atoms with Gasteiger partial charge >= 0.3 is 0 Å². The third kappa shape index (κ3) is 2.64. The van der Waals surface area contributed by atoms with Crippen LogP contribution in [-0.4, -0.2) is 18.6 Å². The molecule has 0 spiro atoms. The molecule has 0 aliphatic carbocycles. The molecule has 2 rings (SSSR count). The minimum absolute atomic E-state index is 0.0689. The summed E-state index contributed by atoms with van der Waals surface area (Å²) < 4.78 is 0. The first-order chi connectivity index (χ1) is 7.07. The van der Waals surface area contributed by atoms with E-state index in [4.69, 9.17) is 17.3 Å². The number of halogens is 1. The molecule has 1 aliphatic rings. The summed E-state index contributed by atoms with van der Waals surface area (Å²) in [6, 6.07) is 7.98. The Labute approximate surface area is 96.0 Å². The Balaban J connectivity index is 2.17. The maximum atomic E-state index is 6.17. The van der Waals surface area contributed by atoms with Crippen LogP contribution in [0.2, 0.25) is 5.02 Å². The molecule has 0 radical (unpaired) electrons. The van der Waals surface area contributed by atoms with E-state index in [0.717, 1.165) is 31.0 Å². The van der Waals surface area contributed by atoms with Crippen molar-refractivity contribution in [2.45, 2.75) is 25.3 Å². The molecule has 0 amide bonds. The molecule has 0 bridgehead atoms. The van der Waals surface area contributed by atoms with Crippen LogP contribution in [0.1, 0.15) is 19.8 Å². The second-order valence-electron chi connectivity index (χ2n) is 4.66. The van der Waals surface area contributed by atoms with Crippen molar-refractivity contribution in [1.82, 2.24) is 0 Å². The number of anilines is 1. The Bertz CT molecular complexity index is 349. The lowest BCUT2D eigenvalue weighted by molar-refractivity contribution is 0.375. The predicted molar refractivity (Wildman–Crippen MR) is 65.5 cm³/mol. The molecular weight excluding hydrogens is 208 g/mol. The first kappa shape index (κ1) is 10.8. The minimum Gasteiger partial charge on any atom is -0.370 e. The van der Waals surface area contributed by atoms with Crippen molar-refractivity contribution < 1.29 is 0 Å². The van der Waals surface area contributed by atoms with Crippen LogP contribution in [0.5, 0.6) is 0 Å². The van der Waals surface area contributed by atoms with Gasteiger partial charge in [-0.05, 0) is 38.0 Å². The van der Waals surface area contributed by atoms with Gasteiger partial charge in [-0.2, -0.15) is 0 Å². The molecule has 0 saturated carbocycles. The van der Waals surface area contributed by atoms with E-state index in [9.17, 15) is 0 Å². The van der Waals surface area contributed by atoms with Gasteiger partial charge in [0.2, 0.25) is 0 Å². The van der Waals surface area contributed by atoms with Crippen LogP contribution in [-0.2, 0) is 0 Å². The highest BCUT2D eigenvalue weighted by molar-refractivity contribution is 6.30. The second-order valence-corrected chi connectivity index (χ2v) is 5.10. The van der Waals surface area contributed by atoms with E-state index in [-0.39, 0.29) is 5.54 Å². The molecule has 2 N–H and O–H groups in total. The summed E-state index contributed by atoms with van der Waals surface area (Å²) in [6.45, 7) is 4.10. The Morgan fingerprint density at radius 1 is 1.47 bits per heavy atom. The van der Waals surface area contributed by atoms with Gasteiger partial charge in [0.15, 0.2) is 0 Å². The molecule has 0 aromatic heterocycles.